The highest BCUT2D eigenvalue weighted by molar-refractivity contribution is 5.81. The molecule has 2 aromatic carbocycles. The van der Waals surface area contributed by atoms with Crippen molar-refractivity contribution in [1.82, 2.24) is 15.5 Å². The molecule has 2 aromatic rings. The van der Waals surface area contributed by atoms with Crippen LogP contribution in [0.25, 0.3) is 0 Å². The molecule has 0 aliphatic heterocycles. The fourth-order valence-corrected chi connectivity index (χ4v) is 3.48. The third-order valence-electron chi connectivity index (χ3n) is 5.44. The quantitative estimate of drug-likeness (QED) is 0.533. The molecular formula is C23H29FN4O. The van der Waals surface area contributed by atoms with Gasteiger partial charge in [0.15, 0.2) is 5.96 Å². The number of nitrogens with zero attached hydrogens (tertiary/aromatic N) is 2. The Labute approximate surface area is 172 Å². The number of nitrogens with one attached hydrogen (secondary N) is 2. The molecule has 3 rings (SSSR count). The summed E-state index contributed by atoms with van der Waals surface area (Å²) in [5.41, 5.74) is 1.71. The molecule has 0 atom stereocenters. The summed E-state index contributed by atoms with van der Waals surface area (Å²) in [7, 11) is 3.51. The van der Waals surface area contributed by atoms with Gasteiger partial charge in [-0.2, -0.15) is 0 Å². The third-order valence-corrected chi connectivity index (χ3v) is 5.44. The zero-order valence-corrected chi connectivity index (χ0v) is 17.1. The molecule has 6 heteroatoms. The lowest BCUT2D eigenvalue weighted by atomic mass is 9.95. The maximum absolute atomic E-state index is 14.1. The molecule has 1 amide bonds. The van der Waals surface area contributed by atoms with Crippen molar-refractivity contribution in [3.63, 3.8) is 0 Å². The predicted molar refractivity (Wildman–Crippen MR) is 114 cm³/mol. The molecule has 0 radical (unpaired) electrons. The van der Waals surface area contributed by atoms with E-state index in [0.717, 1.165) is 24.0 Å². The minimum absolute atomic E-state index is 0.0711. The number of rotatable bonds is 8. The van der Waals surface area contributed by atoms with Crippen molar-refractivity contribution < 1.29 is 9.18 Å². The summed E-state index contributed by atoms with van der Waals surface area (Å²) >= 11 is 0. The van der Waals surface area contributed by atoms with E-state index in [2.05, 4.69) is 15.6 Å². The molecular weight excluding hydrogens is 367 g/mol. The Kier molecular flexibility index (Phi) is 6.86. The highest BCUT2D eigenvalue weighted by Crippen LogP contribution is 2.48. The standard InChI is InChI=1S/C23H29FN4O/c1-25-22(27-17-23(13-14-23)19-10-6-7-11-20(19)24)26-15-12-21(29)28(2)16-18-8-4-3-5-9-18/h3-11H,12-17H2,1-2H3,(H2,25,26,27). The monoisotopic (exact) mass is 396 g/mol. The first-order valence-corrected chi connectivity index (χ1v) is 10.0. The second-order valence-electron chi connectivity index (χ2n) is 7.60. The van der Waals surface area contributed by atoms with E-state index in [4.69, 9.17) is 0 Å². The van der Waals surface area contributed by atoms with Gasteiger partial charge in [0.1, 0.15) is 5.82 Å². The fourth-order valence-electron chi connectivity index (χ4n) is 3.48. The van der Waals surface area contributed by atoms with Gasteiger partial charge < -0.3 is 15.5 Å². The molecule has 154 valence electrons. The Morgan fingerprint density at radius 2 is 1.79 bits per heavy atom. The van der Waals surface area contributed by atoms with Crippen molar-refractivity contribution >= 4 is 11.9 Å². The second kappa shape index (κ2) is 9.54. The van der Waals surface area contributed by atoms with Gasteiger partial charge in [-0.3, -0.25) is 9.79 Å². The van der Waals surface area contributed by atoms with Crippen LogP contribution in [0.2, 0.25) is 0 Å². The summed E-state index contributed by atoms with van der Waals surface area (Å²) in [5.74, 6) is 0.551. The molecule has 0 bridgehead atoms. The van der Waals surface area contributed by atoms with E-state index in [0.29, 0.717) is 32.0 Å². The fraction of sp³-hybridized carbons (Fsp3) is 0.391. The number of benzene rings is 2. The number of guanidine groups is 1. The van der Waals surface area contributed by atoms with E-state index < -0.39 is 0 Å². The highest BCUT2D eigenvalue weighted by atomic mass is 19.1. The van der Waals surface area contributed by atoms with Crippen LogP contribution in [0.5, 0.6) is 0 Å². The maximum atomic E-state index is 14.1. The van der Waals surface area contributed by atoms with Crippen molar-refractivity contribution in [3.05, 3.63) is 71.5 Å². The molecule has 0 saturated heterocycles. The smallest absolute Gasteiger partial charge is 0.224 e. The van der Waals surface area contributed by atoms with Gasteiger partial charge in [0.2, 0.25) is 5.91 Å². The molecule has 0 spiro atoms. The first-order valence-electron chi connectivity index (χ1n) is 10.0. The molecule has 0 aromatic heterocycles. The zero-order valence-electron chi connectivity index (χ0n) is 17.1. The summed E-state index contributed by atoms with van der Waals surface area (Å²) in [6, 6.07) is 16.9. The Bertz CT molecular complexity index is 849. The van der Waals surface area contributed by atoms with Gasteiger partial charge in [0, 0.05) is 45.6 Å². The number of hydrogen-bond acceptors (Lipinski definition) is 2. The number of carbonyl (C=O) groups excluding carboxylic acids is 1. The van der Waals surface area contributed by atoms with Gasteiger partial charge in [0.05, 0.1) is 0 Å². The summed E-state index contributed by atoms with van der Waals surface area (Å²) in [4.78, 5) is 18.3. The maximum Gasteiger partial charge on any atom is 0.224 e. The van der Waals surface area contributed by atoms with Crippen LogP contribution < -0.4 is 10.6 Å². The summed E-state index contributed by atoms with van der Waals surface area (Å²) in [5, 5.41) is 6.47. The van der Waals surface area contributed by atoms with Crippen LogP contribution in [-0.2, 0) is 16.8 Å². The number of hydrogen-bond donors (Lipinski definition) is 2. The molecule has 0 unspecified atom stereocenters. The van der Waals surface area contributed by atoms with Gasteiger partial charge in [-0.25, -0.2) is 4.39 Å². The topological polar surface area (TPSA) is 56.7 Å². The van der Waals surface area contributed by atoms with Crippen molar-refractivity contribution in [2.24, 2.45) is 4.99 Å². The van der Waals surface area contributed by atoms with E-state index >= 15 is 0 Å². The molecule has 0 heterocycles. The average molecular weight is 397 g/mol. The van der Waals surface area contributed by atoms with E-state index in [9.17, 15) is 9.18 Å². The minimum Gasteiger partial charge on any atom is -0.356 e. The molecule has 2 N–H and O–H groups in total. The Morgan fingerprint density at radius 3 is 2.45 bits per heavy atom. The SMILES string of the molecule is CN=C(NCCC(=O)N(C)Cc1ccccc1)NCC1(c2ccccc2F)CC1. The van der Waals surface area contributed by atoms with E-state index in [1.54, 1.807) is 18.0 Å². The van der Waals surface area contributed by atoms with Gasteiger partial charge >= 0.3 is 0 Å². The normalized spacial score (nSPS) is 14.9. The predicted octanol–water partition coefficient (Wildman–Crippen LogP) is 3.07. The lowest BCUT2D eigenvalue weighted by Gasteiger charge is -2.20. The average Bonchev–Trinajstić information content (AvgIpc) is 3.52. The van der Waals surface area contributed by atoms with Crippen molar-refractivity contribution in [3.8, 4) is 0 Å². The van der Waals surface area contributed by atoms with Gasteiger partial charge in [-0.1, -0.05) is 48.5 Å². The van der Waals surface area contributed by atoms with E-state index in [1.165, 1.54) is 6.07 Å². The van der Waals surface area contributed by atoms with Crippen LogP contribution in [0.4, 0.5) is 4.39 Å². The first-order chi connectivity index (χ1) is 14.0. The molecule has 1 aliphatic carbocycles. The lowest BCUT2D eigenvalue weighted by molar-refractivity contribution is -0.130. The van der Waals surface area contributed by atoms with Gasteiger partial charge in [-0.05, 0) is 30.0 Å². The van der Waals surface area contributed by atoms with Crippen LogP contribution in [0.3, 0.4) is 0 Å². The molecule has 1 aliphatic rings. The Hall–Kier alpha value is -2.89. The Balaban J connectivity index is 1.43. The largest absolute Gasteiger partial charge is 0.356 e. The van der Waals surface area contributed by atoms with Crippen molar-refractivity contribution in [2.75, 3.05) is 27.2 Å². The lowest BCUT2D eigenvalue weighted by Crippen LogP contribution is -2.42. The van der Waals surface area contributed by atoms with Crippen molar-refractivity contribution in [2.45, 2.75) is 31.2 Å². The van der Waals surface area contributed by atoms with E-state index in [-0.39, 0.29) is 17.1 Å². The summed E-state index contributed by atoms with van der Waals surface area (Å²) < 4.78 is 14.1. The number of carbonyl (C=O) groups is 1. The molecule has 1 saturated carbocycles. The van der Waals surface area contributed by atoms with Crippen molar-refractivity contribution in [1.29, 1.82) is 0 Å². The zero-order chi connectivity index (χ0) is 20.7. The molecule has 29 heavy (non-hydrogen) atoms. The summed E-state index contributed by atoms with van der Waals surface area (Å²) in [6.07, 6.45) is 2.30. The van der Waals surface area contributed by atoms with Gasteiger partial charge in [-0.15, -0.1) is 0 Å². The molecule has 1 fully saturated rings. The summed E-state index contributed by atoms with van der Waals surface area (Å²) in [6.45, 7) is 1.71. The van der Waals surface area contributed by atoms with Crippen LogP contribution in [0.15, 0.2) is 59.6 Å². The molecule has 5 nitrogen and oxygen atoms in total. The number of aliphatic imine (C=N–C) groups is 1. The minimum atomic E-state index is -0.158. The number of amides is 1. The van der Waals surface area contributed by atoms with Crippen LogP contribution >= 0.6 is 0 Å². The van der Waals surface area contributed by atoms with Crippen LogP contribution in [-0.4, -0.2) is 44.0 Å². The second-order valence-corrected chi connectivity index (χ2v) is 7.60. The Morgan fingerprint density at radius 1 is 1.10 bits per heavy atom. The van der Waals surface area contributed by atoms with Gasteiger partial charge in [0.25, 0.3) is 0 Å². The van der Waals surface area contributed by atoms with Crippen LogP contribution in [0, 0.1) is 5.82 Å². The van der Waals surface area contributed by atoms with E-state index in [1.807, 2.05) is 49.5 Å². The third kappa shape index (κ3) is 5.56. The van der Waals surface area contributed by atoms with Crippen LogP contribution in [0.1, 0.15) is 30.4 Å². The first kappa shape index (κ1) is 20.8. The highest BCUT2D eigenvalue weighted by Gasteiger charge is 2.45. The number of halogens is 1.